The minimum atomic E-state index is -0.401. The molecule has 1 amide bonds. The molecule has 0 atom stereocenters. The Labute approximate surface area is 119 Å². The Morgan fingerprint density at radius 2 is 2.40 bits per heavy atom. The zero-order valence-electron chi connectivity index (χ0n) is 10.7. The number of nitrogens with one attached hydrogen (secondary N) is 1. The second-order valence-electron chi connectivity index (χ2n) is 3.78. The van der Waals surface area contributed by atoms with E-state index in [1.54, 1.807) is 23.6 Å². The number of ether oxygens (including phenoxy) is 1. The summed E-state index contributed by atoms with van der Waals surface area (Å²) in [6.45, 7) is 0.288. The van der Waals surface area contributed by atoms with Crippen molar-refractivity contribution >= 4 is 22.9 Å². The third-order valence-electron chi connectivity index (χ3n) is 2.56. The van der Waals surface area contributed by atoms with Crippen molar-refractivity contribution in [2.75, 3.05) is 12.4 Å². The highest BCUT2D eigenvalue weighted by molar-refractivity contribution is 7.09. The van der Waals surface area contributed by atoms with Crippen LogP contribution in [0.15, 0.2) is 23.6 Å². The van der Waals surface area contributed by atoms with Crippen molar-refractivity contribution in [3.63, 3.8) is 0 Å². The lowest BCUT2D eigenvalue weighted by atomic mass is 10.1. The molecule has 3 N–H and O–H groups in total. The summed E-state index contributed by atoms with van der Waals surface area (Å²) in [5.41, 5.74) is 6.39. The van der Waals surface area contributed by atoms with Crippen molar-refractivity contribution < 1.29 is 9.53 Å². The second-order valence-corrected chi connectivity index (χ2v) is 4.72. The largest absolute Gasteiger partial charge is 0.495 e. The number of amides is 1. The molecule has 2 aromatic rings. The first-order valence-corrected chi connectivity index (χ1v) is 6.60. The fraction of sp³-hybridized carbons (Fsp3) is 0.154. The molecule has 0 unspecified atom stereocenters. The van der Waals surface area contributed by atoms with E-state index < -0.39 is 5.91 Å². The summed E-state index contributed by atoms with van der Waals surface area (Å²) >= 11 is 1.32. The molecule has 7 heteroatoms. The van der Waals surface area contributed by atoms with Gasteiger partial charge in [0.1, 0.15) is 28.2 Å². The molecule has 0 fully saturated rings. The van der Waals surface area contributed by atoms with E-state index in [9.17, 15) is 4.79 Å². The number of thiazole rings is 1. The van der Waals surface area contributed by atoms with E-state index in [1.807, 2.05) is 6.07 Å². The van der Waals surface area contributed by atoms with Crippen LogP contribution in [0, 0.1) is 11.3 Å². The van der Waals surface area contributed by atoms with Gasteiger partial charge in [-0.2, -0.15) is 5.26 Å². The highest BCUT2D eigenvalue weighted by Crippen LogP contribution is 2.28. The molecule has 0 aliphatic heterocycles. The minimum Gasteiger partial charge on any atom is -0.495 e. The second kappa shape index (κ2) is 6.14. The first kappa shape index (κ1) is 14.0. The molecule has 0 radical (unpaired) electrons. The molecule has 1 aromatic heterocycles. The third kappa shape index (κ3) is 2.77. The van der Waals surface area contributed by atoms with E-state index in [0.29, 0.717) is 22.0 Å². The first-order valence-electron chi connectivity index (χ1n) is 5.72. The zero-order chi connectivity index (χ0) is 14.5. The number of nitriles is 1. The van der Waals surface area contributed by atoms with Crippen LogP contribution in [0.5, 0.6) is 5.75 Å². The van der Waals surface area contributed by atoms with Gasteiger partial charge in [-0.3, -0.25) is 4.79 Å². The fourth-order valence-corrected chi connectivity index (χ4v) is 2.26. The summed E-state index contributed by atoms with van der Waals surface area (Å²) in [7, 11) is 1.47. The molecule has 0 bridgehead atoms. The predicted octanol–water partition coefficient (Wildman–Crippen LogP) is 1.73. The van der Waals surface area contributed by atoms with E-state index in [0.717, 1.165) is 0 Å². The van der Waals surface area contributed by atoms with Crippen molar-refractivity contribution in [1.29, 1.82) is 5.26 Å². The minimum absolute atomic E-state index is 0.269. The van der Waals surface area contributed by atoms with Crippen LogP contribution in [-0.4, -0.2) is 18.0 Å². The Morgan fingerprint density at radius 1 is 1.60 bits per heavy atom. The molecule has 0 saturated carbocycles. The molecular weight excluding hydrogens is 276 g/mol. The first-order chi connectivity index (χ1) is 9.69. The van der Waals surface area contributed by atoms with Gasteiger partial charge in [0.05, 0.1) is 12.7 Å². The van der Waals surface area contributed by atoms with Gasteiger partial charge in [-0.05, 0) is 12.1 Å². The fourth-order valence-electron chi connectivity index (χ4n) is 1.61. The Kier molecular flexibility index (Phi) is 4.30. The predicted molar refractivity (Wildman–Crippen MR) is 75.7 cm³/mol. The van der Waals surface area contributed by atoms with Gasteiger partial charge in [0.2, 0.25) is 0 Å². The average Bonchev–Trinajstić information content (AvgIpc) is 2.96. The number of aromatic nitrogens is 1. The van der Waals surface area contributed by atoms with Crippen LogP contribution in [-0.2, 0) is 6.54 Å². The van der Waals surface area contributed by atoms with Gasteiger partial charge in [-0.1, -0.05) is 6.07 Å². The Balaban J connectivity index is 2.30. The quantitative estimate of drug-likeness (QED) is 0.892. The van der Waals surface area contributed by atoms with Gasteiger partial charge in [-0.25, -0.2) is 4.98 Å². The van der Waals surface area contributed by atoms with Gasteiger partial charge >= 0.3 is 0 Å². The highest BCUT2D eigenvalue weighted by Gasteiger charge is 2.15. The average molecular weight is 288 g/mol. The number of anilines is 1. The molecule has 2 rings (SSSR count). The van der Waals surface area contributed by atoms with E-state index in [4.69, 9.17) is 15.7 Å². The summed E-state index contributed by atoms with van der Waals surface area (Å²) < 4.78 is 5.15. The number of nitrogens with two attached hydrogens (primary N) is 1. The molecule has 1 aromatic carbocycles. The number of hydrogen-bond donors (Lipinski definition) is 2. The Bertz CT molecular complexity index is 675. The van der Waals surface area contributed by atoms with Gasteiger partial charge in [0.25, 0.3) is 5.91 Å². The van der Waals surface area contributed by atoms with Crippen LogP contribution in [0.2, 0.25) is 0 Å². The summed E-state index contributed by atoms with van der Waals surface area (Å²) in [5.74, 6) is 0.0219. The molecule has 6 nitrogen and oxygen atoms in total. The lowest BCUT2D eigenvalue weighted by Gasteiger charge is -2.10. The van der Waals surface area contributed by atoms with Gasteiger partial charge in [0, 0.05) is 11.9 Å². The maximum Gasteiger partial charge on any atom is 0.275 e. The molecular formula is C13H12N4O2S. The summed E-state index contributed by atoms with van der Waals surface area (Å²) in [5, 5.41) is 14.0. The van der Waals surface area contributed by atoms with E-state index >= 15 is 0 Å². The van der Waals surface area contributed by atoms with E-state index in [1.165, 1.54) is 18.4 Å². The van der Waals surface area contributed by atoms with Gasteiger partial charge in [0.15, 0.2) is 0 Å². The molecule has 1 heterocycles. The molecule has 0 aliphatic carbocycles. The highest BCUT2D eigenvalue weighted by atomic mass is 32.1. The van der Waals surface area contributed by atoms with Crippen molar-refractivity contribution in [3.8, 4) is 11.8 Å². The molecule has 0 spiro atoms. The monoisotopic (exact) mass is 288 g/mol. The van der Waals surface area contributed by atoms with Crippen molar-refractivity contribution in [2.45, 2.75) is 6.54 Å². The number of carbonyl (C=O) groups is 1. The molecule has 0 saturated heterocycles. The number of rotatable bonds is 4. The number of nitrogens with zero attached hydrogens (tertiary/aromatic N) is 2. The van der Waals surface area contributed by atoms with Crippen LogP contribution in [0.25, 0.3) is 0 Å². The van der Waals surface area contributed by atoms with Crippen LogP contribution >= 0.6 is 11.3 Å². The van der Waals surface area contributed by atoms with Crippen molar-refractivity contribution in [1.82, 2.24) is 4.98 Å². The standard InChI is InChI=1S/C13H12N4O2S/c1-19-10-4-2-3-8(5-14)12(10)17-13(18)9-7-20-11(6-15)16-9/h2-4,7H,6,15H2,1H3,(H,17,18). The summed E-state index contributed by atoms with van der Waals surface area (Å²) in [6.07, 6.45) is 0. The topological polar surface area (TPSA) is 101 Å². The zero-order valence-corrected chi connectivity index (χ0v) is 11.5. The van der Waals surface area contributed by atoms with Crippen LogP contribution in [0.3, 0.4) is 0 Å². The SMILES string of the molecule is COc1cccc(C#N)c1NC(=O)c1csc(CN)n1. The number of para-hydroxylation sites is 1. The number of carbonyl (C=O) groups excluding carboxylic acids is 1. The number of benzene rings is 1. The Hall–Kier alpha value is -2.43. The van der Waals surface area contributed by atoms with Crippen molar-refractivity contribution in [2.24, 2.45) is 5.73 Å². The van der Waals surface area contributed by atoms with Gasteiger partial charge in [-0.15, -0.1) is 11.3 Å². The summed E-state index contributed by atoms with van der Waals surface area (Å²) in [6, 6.07) is 6.97. The smallest absolute Gasteiger partial charge is 0.275 e. The number of methoxy groups -OCH3 is 1. The maximum absolute atomic E-state index is 12.1. The van der Waals surface area contributed by atoms with Crippen molar-refractivity contribution in [3.05, 3.63) is 39.8 Å². The summed E-state index contributed by atoms with van der Waals surface area (Å²) in [4.78, 5) is 16.2. The molecule has 20 heavy (non-hydrogen) atoms. The number of hydrogen-bond acceptors (Lipinski definition) is 6. The normalized spacial score (nSPS) is 9.85. The van der Waals surface area contributed by atoms with Crippen LogP contribution in [0.4, 0.5) is 5.69 Å². The van der Waals surface area contributed by atoms with E-state index in [2.05, 4.69) is 10.3 Å². The maximum atomic E-state index is 12.1. The lowest BCUT2D eigenvalue weighted by molar-refractivity contribution is 0.102. The third-order valence-corrected chi connectivity index (χ3v) is 3.44. The van der Waals surface area contributed by atoms with Gasteiger partial charge < -0.3 is 15.8 Å². The molecule has 102 valence electrons. The van der Waals surface area contributed by atoms with Crippen LogP contribution in [0.1, 0.15) is 21.1 Å². The lowest BCUT2D eigenvalue weighted by Crippen LogP contribution is -2.14. The van der Waals surface area contributed by atoms with E-state index in [-0.39, 0.29) is 12.2 Å². The molecule has 0 aliphatic rings. The Morgan fingerprint density at radius 3 is 3.00 bits per heavy atom. The van der Waals surface area contributed by atoms with Crippen LogP contribution < -0.4 is 15.8 Å².